The SMILES string of the molecule is COc1ccc(CN2C(=O)c3ccc4sc(-c5cc(F)cc(C(F)(F)F)c5)nc4c3C2c2cc(F)ccc2Cl)cc1. The molecule has 0 N–H and O–H groups in total. The zero-order valence-corrected chi connectivity index (χ0v) is 22.7. The summed E-state index contributed by atoms with van der Waals surface area (Å²) < 4.78 is 74.7. The fraction of sp³-hybridized carbons (Fsp3) is 0.133. The molecule has 5 aromatic rings. The molecule has 41 heavy (non-hydrogen) atoms. The Morgan fingerprint density at radius 2 is 1.73 bits per heavy atom. The van der Waals surface area contributed by atoms with Crippen LogP contribution in [0.1, 0.15) is 38.7 Å². The average Bonchev–Trinajstić information content (AvgIpc) is 3.49. The predicted molar refractivity (Wildman–Crippen MR) is 146 cm³/mol. The van der Waals surface area contributed by atoms with Crippen molar-refractivity contribution in [2.45, 2.75) is 18.8 Å². The van der Waals surface area contributed by atoms with E-state index in [1.54, 1.807) is 48.4 Å². The molecule has 1 amide bonds. The number of carbonyl (C=O) groups is 1. The number of amides is 1. The molecule has 0 bridgehead atoms. The van der Waals surface area contributed by atoms with Crippen LogP contribution >= 0.6 is 22.9 Å². The molecule has 1 atom stereocenters. The van der Waals surface area contributed by atoms with E-state index in [0.29, 0.717) is 38.7 Å². The summed E-state index contributed by atoms with van der Waals surface area (Å²) in [5.74, 6) is -1.31. The first-order valence-corrected chi connectivity index (χ1v) is 13.4. The fourth-order valence-electron chi connectivity index (χ4n) is 5.04. The molecule has 1 aliphatic rings. The van der Waals surface area contributed by atoms with Gasteiger partial charge < -0.3 is 9.64 Å². The summed E-state index contributed by atoms with van der Waals surface area (Å²) in [6.45, 7) is 0.145. The standard InChI is InChI=1S/C30H18ClF5N2O2S/c1-40-20-5-2-15(3-6-20)14-38-27(22-13-18(32)4-8-23(22)31)25-21(29(38)39)7-9-24-26(25)37-28(41-24)16-10-17(30(34,35)36)12-19(33)11-16/h2-13,27H,14H2,1H3. The van der Waals surface area contributed by atoms with Gasteiger partial charge in [-0.25, -0.2) is 13.8 Å². The Morgan fingerprint density at radius 3 is 2.44 bits per heavy atom. The van der Waals surface area contributed by atoms with Crippen molar-refractivity contribution < 1.29 is 31.5 Å². The minimum Gasteiger partial charge on any atom is -0.497 e. The van der Waals surface area contributed by atoms with Crippen molar-refractivity contribution in [1.82, 2.24) is 9.88 Å². The highest BCUT2D eigenvalue weighted by molar-refractivity contribution is 7.21. The molecule has 208 valence electrons. The molecule has 1 aliphatic heterocycles. The van der Waals surface area contributed by atoms with Crippen LogP contribution < -0.4 is 4.74 Å². The number of thiazole rings is 1. The fourth-order valence-corrected chi connectivity index (χ4v) is 6.23. The van der Waals surface area contributed by atoms with Gasteiger partial charge in [-0.3, -0.25) is 4.79 Å². The number of aromatic nitrogens is 1. The van der Waals surface area contributed by atoms with Crippen LogP contribution in [0.3, 0.4) is 0 Å². The largest absolute Gasteiger partial charge is 0.497 e. The van der Waals surface area contributed by atoms with E-state index in [-0.39, 0.29) is 28.0 Å². The Hall–Kier alpha value is -4.02. The van der Waals surface area contributed by atoms with Crippen molar-refractivity contribution in [3.63, 3.8) is 0 Å². The molecule has 2 heterocycles. The number of fused-ring (bicyclic) bond motifs is 3. The third-order valence-electron chi connectivity index (χ3n) is 6.91. The molecule has 0 spiro atoms. The van der Waals surface area contributed by atoms with Crippen molar-refractivity contribution in [3.05, 3.63) is 117 Å². The Bertz CT molecular complexity index is 1820. The molecule has 1 aromatic heterocycles. The highest BCUT2D eigenvalue weighted by Gasteiger charge is 2.41. The van der Waals surface area contributed by atoms with E-state index in [0.717, 1.165) is 29.0 Å². The normalized spacial score (nSPS) is 15.0. The molecular weight excluding hydrogens is 583 g/mol. The molecule has 0 fully saturated rings. The monoisotopic (exact) mass is 600 g/mol. The van der Waals surface area contributed by atoms with E-state index in [2.05, 4.69) is 4.98 Å². The van der Waals surface area contributed by atoms with Crippen molar-refractivity contribution >= 4 is 39.1 Å². The van der Waals surface area contributed by atoms with Gasteiger partial charge in [0.15, 0.2) is 0 Å². The molecule has 6 rings (SSSR count). The Kier molecular flexibility index (Phi) is 6.70. The number of hydrogen-bond acceptors (Lipinski definition) is 4. The van der Waals surface area contributed by atoms with Gasteiger partial charge in [-0.2, -0.15) is 13.2 Å². The van der Waals surface area contributed by atoms with Crippen LogP contribution in [0.5, 0.6) is 5.75 Å². The molecule has 0 aliphatic carbocycles. The molecule has 11 heteroatoms. The third kappa shape index (κ3) is 4.91. The van der Waals surface area contributed by atoms with E-state index in [4.69, 9.17) is 16.3 Å². The summed E-state index contributed by atoms with van der Waals surface area (Å²) in [5, 5.41) is 0.368. The van der Waals surface area contributed by atoms with E-state index < -0.39 is 29.4 Å². The molecule has 0 saturated carbocycles. The number of ether oxygens (including phenoxy) is 1. The smallest absolute Gasteiger partial charge is 0.416 e. The highest BCUT2D eigenvalue weighted by Crippen LogP contribution is 2.47. The molecule has 4 nitrogen and oxygen atoms in total. The van der Waals surface area contributed by atoms with Crippen molar-refractivity contribution in [2.24, 2.45) is 0 Å². The van der Waals surface area contributed by atoms with Crippen LogP contribution in [0.25, 0.3) is 20.8 Å². The second-order valence-electron chi connectivity index (χ2n) is 9.47. The topological polar surface area (TPSA) is 42.4 Å². The number of carbonyl (C=O) groups excluding carboxylic acids is 1. The van der Waals surface area contributed by atoms with Crippen molar-refractivity contribution in [2.75, 3.05) is 7.11 Å². The van der Waals surface area contributed by atoms with Crippen LogP contribution in [0.15, 0.2) is 72.8 Å². The summed E-state index contributed by atoms with van der Waals surface area (Å²) in [5.41, 5.74) is 1.02. The van der Waals surface area contributed by atoms with E-state index in [1.807, 2.05) is 0 Å². The average molecular weight is 601 g/mol. The van der Waals surface area contributed by atoms with Gasteiger partial charge in [0.05, 0.1) is 28.9 Å². The second kappa shape index (κ2) is 10.1. The minimum atomic E-state index is -4.75. The second-order valence-corrected chi connectivity index (χ2v) is 10.9. The van der Waals surface area contributed by atoms with Gasteiger partial charge >= 0.3 is 6.18 Å². The zero-order chi connectivity index (χ0) is 29.1. The maximum atomic E-state index is 14.5. The first-order chi connectivity index (χ1) is 19.5. The number of benzene rings is 4. The maximum Gasteiger partial charge on any atom is 0.416 e. The Labute approximate surface area is 239 Å². The lowest BCUT2D eigenvalue weighted by atomic mass is 9.96. The number of nitrogens with zero attached hydrogens (tertiary/aromatic N) is 2. The van der Waals surface area contributed by atoms with E-state index >= 15 is 0 Å². The van der Waals surface area contributed by atoms with E-state index in [1.165, 1.54) is 18.2 Å². The molecule has 0 saturated heterocycles. The molecule has 0 radical (unpaired) electrons. The van der Waals surface area contributed by atoms with Crippen molar-refractivity contribution in [3.8, 4) is 16.3 Å². The van der Waals surface area contributed by atoms with Crippen LogP contribution in [-0.2, 0) is 12.7 Å². The summed E-state index contributed by atoms with van der Waals surface area (Å²) >= 11 is 7.60. The summed E-state index contributed by atoms with van der Waals surface area (Å²) in [7, 11) is 1.54. The Balaban J connectivity index is 1.53. The van der Waals surface area contributed by atoms with Crippen LogP contribution in [0.4, 0.5) is 22.0 Å². The number of halogens is 6. The van der Waals surface area contributed by atoms with Crippen molar-refractivity contribution in [1.29, 1.82) is 0 Å². The predicted octanol–water partition coefficient (Wildman–Crippen LogP) is 8.67. The summed E-state index contributed by atoms with van der Waals surface area (Å²) in [4.78, 5) is 19.9. The number of methoxy groups -OCH3 is 1. The van der Waals surface area contributed by atoms with Crippen LogP contribution in [0.2, 0.25) is 5.02 Å². The molecule has 4 aromatic carbocycles. The lowest BCUT2D eigenvalue weighted by molar-refractivity contribution is -0.137. The quantitative estimate of drug-likeness (QED) is 0.190. The lowest BCUT2D eigenvalue weighted by Crippen LogP contribution is -2.28. The molecular formula is C30H18ClF5N2O2S. The zero-order valence-electron chi connectivity index (χ0n) is 21.1. The number of rotatable bonds is 5. The summed E-state index contributed by atoms with van der Waals surface area (Å²) in [6, 6.07) is 15.6. The van der Waals surface area contributed by atoms with Gasteiger partial charge in [0.1, 0.15) is 22.4 Å². The minimum absolute atomic E-state index is 0.0491. The maximum absolute atomic E-state index is 14.5. The van der Waals surface area contributed by atoms with Gasteiger partial charge in [0, 0.05) is 33.8 Å². The first-order valence-electron chi connectivity index (χ1n) is 12.2. The first kappa shape index (κ1) is 27.2. The van der Waals surface area contributed by atoms with Gasteiger partial charge in [0.25, 0.3) is 5.91 Å². The number of hydrogen-bond donors (Lipinski definition) is 0. The summed E-state index contributed by atoms with van der Waals surface area (Å²) in [6.07, 6.45) is -4.75. The van der Waals surface area contributed by atoms with Gasteiger partial charge in [-0.1, -0.05) is 23.7 Å². The molecule has 1 unspecified atom stereocenters. The van der Waals surface area contributed by atoms with Crippen LogP contribution in [-0.4, -0.2) is 22.9 Å². The Morgan fingerprint density at radius 1 is 0.976 bits per heavy atom. The van der Waals surface area contributed by atoms with E-state index in [9.17, 15) is 26.7 Å². The number of alkyl halides is 3. The highest BCUT2D eigenvalue weighted by atomic mass is 35.5. The van der Waals surface area contributed by atoms with Gasteiger partial charge in [0.2, 0.25) is 0 Å². The third-order valence-corrected chi connectivity index (χ3v) is 8.33. The van der Waals surface area contributed by atoms with Gasteiger partial charge in [-0.05, 0) is 66.2 Å². The van der Waals surface area contributed by atoms with Crippen LogP contribution in [0, 0.1) is 11.6 Å². The van der Waals surface area contributed by atoms with Gasteiger partial charge in [-0.15, -0.1) is 11.3 Å². The lowest BCUT2D eigenvalue weighted by Gasteiger charge is -2.27.